The van der Waals surface area contributed by atoms with Gasteiger partial charge in [-0.3, -0.25) is 9.59 Å². The van der Waals surface area contributed by atoms with Crippen molar-refractivity contribution in [3.8, 4) is 0 Å². The molecular formula is C18H26N2O3. The lowest BCUT2D eigenvalue weighted by Crippen LogP contribution is -2.51. The average molecular weight is 318 g/mol. The highest BCUT2D eigenvalue weighted by Gasteiger charge is 2.31. The Kier molecular flexibility index (Phi) is 5.77. The van der Waals surface area contributed by atoms with E-state index in [1.54, 1.807) is 12.1 Å². The molecule has 0 bridgehead atoms. The first kappa shape index (κ1) is 17.5. The quantitative estimate of drug-likeness (QED) is 0.715. The molecule has 0 unspecified atom stereocenters. The van der Waals surface area contributed by atoms with Crippen LogP contribution < -0.4 is 10.6 Å². The van der Waals surface area contributed by atoms with Gasteiger partial charge in [-0.2, -0.15) is 0 Å². The van der Waals surface area contributed by atoms with Crippen molar-refractivity contribution in [2.45, 2.75) is 45.8 Å². The van der Waals surface area contributed by atoms with Crippen LogP contribution in [0.4, 0.5) is 0 Å². The van der Waals surface area contributed by atoms with E-state index in [0.717, 1.165) is 18.4 Å². The summed E-state index contributed by atoms with van der Waals surface area (Å²) in [6.45, 7) is 5.89. The molecule has 0 radical (unpaired) electrons. The van der Waals surface area contributed by atoms with Crippen LogP contribution in [0.2, 0.25) is 0 Å². The smallest absolute Gasteiger partial charge is 0.252 e. The number of rotatable bonds is 7. The Balaban J connectivity index is 1.96. The Morgan fingerprint density at radius 2 is 1.91 bits per heavy atom. The largest absolute Gasteiger partial charge is 0.391 e. The van der Waals surface area contributed by atoms with Gasteiger partial charge >= 0.3 is 0 Å². The van der Waals surface area contributed by atoms with Crippen molar-refractivity contribution in [3.63, 3.8) is 0 Å². The molecule has 0 spiro atoms. The van der Waals surface area contributed by atoms with Crippen LogP contribution in [0, 0.1) is 18.8 Å². The maximum absolute atomic E-state index is 12.4. The minimum Gasteiger partial charge on any atom is -0.391 e. The standard InChI is InChI=1S/C18H26N2O3/c1-11(2)16(18(23)19-10-15(21)13-8-9-13)20-17(22)14-7-5-4-6-12(14)3/h4-7,11,13,15-16,21H,8-10H2,1-3H3,(H,19,23)(H,20,22)/t15-,16+/m0/s1. The molecule has 1 aromatic carbocycles. The molecule has 2 amide bonds. The van der Waals surface area contributed by atoms with Crippen molar-refractivity contribution < 1.29 is 14.7 Å². The summed E-state index contributed by atoms with van der Waals surface area (Å²) in [7, 11) is 0. The Hall–Kier alpha value is -1.88. The van der Waals surface area contributed by atoms with Crippen LogP contribution in [0.15, 0.2) is 24.3 Å². The molecule has 2 rings (SSSR count). The third-order valence-electron chi connectivity index (χ3n) is 4.28. The fraction of sp³-hybridized carbons (Fsp3) is 0.556. The van der Waals surface area contributed by atoms with E-state index in [1.165, 1.54) is 0 Å². The highest BCUT2D eigenvalue weighted by molar-refractivity contribution is 5.98. The first-order valence-corrected chi connectivity index (χ1v) is 8.22. The van der Waals surface area contributed by atoms with E-state index in [2.05, 4.69) is 10.6 Å². The van der Waals surface area contributed by atoms with Crippen LogP contribution in [0.1, 0.15) is 42.6 Å². The lowest BCUT2D eigenvalue weighted by atomic mass is 10.0. The van der Waals surface area contributed by atoms with Crippen molar-refractivity contribution in [2.75, 3.05) is 6.54 Å². The highest BCUT2D eigenvalue weighted by Crippen LogP contribution is 2.32. The van der Waals surface area contributed by atoms with Crippen molar-refractivity contribution in [1.82, 2.24) is 10.6 Å². The van der Waals surface area contributed by atoms with E-state index in [1.807, 2.05) is 32.9 Å². The molecule has 0 heterocycles. The number of aliphatic hydroxyl groups excluding tert-OH is 1. The number of carbonyl (C=O) groups excluding carboxylic acids is 2. The molecular weight excluding hydrogens is 292 g/mol. The van der Waals surface area contributed by atoms with Gasteiger partial charge in [-0.05, 0) is 43.2 Å². The maximum atomic E-state index is 12.4. The topological polar surface area (TPSA) is 78.4 Å². The second kappa shape index (κ2) is 7.59. The first-order valence-electron chi connectivity index (χ1n) is 8.22. The van der Waals surface area contributed by atoms with Crippen LogP contribution >= 0.6 is 0 Å². The summed E-state index contributed by atoms with van der Waals surface area (Å²) in [4.78, 5) is 24.7. The molecule has 5 heteroatoms. The lowest BCUT2D eigenvalue weighted by molar-refractivity contribution is -0.124. The minimum absolute atomic E-state index is 0.0407. The molecule has 0 aromatic heterocycles. The number of aliphatic hydroxyl groups is 1. The first-order chi connectivity index (χ1) is 10.9. The Bertz CT molecular complexity index is 567. The lowest BCUT2D eigenvalue weighted by Gasteiger charge is -2.23. The van der Waals surface area contributed by atoms with Crippen LogP contribution in [-0.2, 0) is 4.79 Å². The molecule has 3 N–H and O–H groups in total. The third-order valence-corrected chi connectivity index (χ3v) is 4.28. The molecule has 1 aromatic rings. The zero-order valence-electron chi connectivity index (χ0n) is 14.0. The molecule has 0 saturated heterocycles. The summed E-state index contributed by atoms with van der Waals surface area (Å²) in [5, 5.41) is 15.4. The minimum atomic E-state index is -0.617. The van der Waals surface area contributed by atoms with Crippen LogP contribution in [0.25, 0.3) is 0 Å². The number of benzene rings is 1. The predicted molar refractivity (Wildman–Crippen MR) is 89.0 cm³/mol. The molecule has 126 valence electrons. The van der Waals surface area contributed by atoms with E-state index < -0.39 is 12.1 Å². The van der Waals surface area contributed by atoms with E-state index in [-0.39, 0.29) is 24.3 Å². The summed E-state index contributed by atoms with van der Waals surface area (Å²) in [5.41, 5.74) is 1.45. The number of aryl methyl sites for hydroxylation is 1. The molecule has 1 aliphatic rings. The van der Waals surface area contributed by atoms with Crippen molar-refractivity contribution in [3.05, 3.63) is 35.4 Å². The Labute approximate surface area is 137 Å². The number of nitrogens with one attached hydrogen (secondary N) is 2. The molecule has 0 aliphatic heterocycles. The SMILES string of the molecule is Cc1ccccc1C(=O)N[C@@H](C(=O)NC[C@H](O)C1CC1)C(C)C. The fourth-order valence-electron chi connectivity index (χ4n) is 2.54. The number of amides is 2. The van der Waals surface area contributed by atoms with Crippen LogP contribution in [0.5, 0.6) is 0 Å². The molecule has 2 atom stereocenters. The van der Waals surface area contributed by atoms with Gasteiger partial charge in [0.2, 0.25) is 5.91 Å². The van der Waals surface area contributed by atoms with E-state index in [9.17, 15) is 14.7 Å². The monoisotopic (exact) mass is 318 g/mol. The summed E-state index contributed by atoms with van der Waals surface area (Å²) in [6.07, 6.45) is 1.56. The highest BCUT2D eigenvalue weighted by atomic mass is 16.3. The zero-order valence-corrected chi connectivity index (χ0v) is 14.0. The van der Waals surface area contributed by atoms with Crippen LogP contribution in [-0.4, -0.2) is 35.6 Å². The summed E-state index contributed by atoms with van der Waals surface area (Å²) >= 11 is 0. The number of carbonyl (C=O) groups is 2. The summed E-state index contributed by atoms with van der Waals surface area (Å²) in [5.74, 6) is -0.225. The molecule has 1 saturated carbocycles. The normalized spacial score (nSPS) is 16.7. The van der Waals surface area contributed by atoms with Crippen molar-refractivity contribution in [1.29, 1.82) is 0 Å². The second-order valence-corrected chi connectivity index (χ2v) is 6.66. The molecule has 5 nitrogen and oxygen atoms in total. The average Bonchev–Trinajstić information content (AvgIpc) is 3.34. The molecule has 1 aliphatic carbocycles. The van der Waals surface area contributed by atoms with Gasteiger partial charge in [0.1, 0.15) is 6.04 Å². The zero-order chi connectivity index (χ0) is 17.0. The van der Waals surface area contributed by atoms with Gasteiger partial charge in [0.05, 0.1) is 6.10 Å². The molecule has 23 heavy (non-hydrogen) atoms. The van der Waals surface area contributed by atoms with Gasteiger partial charge in [0, 0.05) is 12.1 Å². The summed E-state index contributed by atoms with van der Waals surface area (Å²) < 4.78 is 0. The van der Waals surface area contributed by atoms with Crippen molar-refractivity contribution >= 4 is 11.8 Å². The Morgan fingerprint density at radius 1 is 1.26 bits per heavy atom. The van der Waals surface area contributed by atoms with Gasteiger partial charge in [-0.1, -0.05) is 32.0 Å². The predicted octanol–water partition coefficient (Wildman–Crippen LogP) is 1.64. The number of hydrogen-bond acceptors (Lipinski definition) is 3. The van der Waals surface area contributed by atoms with E-state index >= 15 is 0 Å². The van der Waals surface area contributed by atoms with Gasteiger partial charge in [-0.25, -0.2) is 0 Å². The van der Waals surface area contributed by atoms with Gasteiger partial charge in [-0.15, -0.1) is 0 Å². The fourth-order valence-corrected chi connectivity index (χ4v) is 2.54. The van der Waals surface area contributed by atoms with Gasteiger partial charge in [0.25, 0.3) is 5.91 Å². The Morgan fingerprint density at radius 3 is 2.48 bits per heavy atom. The third kappa shape index (κ3) is 4.79. The number of hydrogen-bond donors (Lipinski definition) is 3. The van der Waals surface area contributed by atoms with Gasteiger partial charge < -0.3 is 15.7 Å². The van der Waals surface area contributed by atoms with Crippen molar-refractivity contribution in [2.24, 2.45) is 11.8 Å². The maximum Gasteiger partial charge on any atom is 0.252 e. The second-order valence-electron chi connectivity index (χ2n) is 6.66. The van der Waals surface area contributed by atoms with E-state index in [4.69, 9.17) is 0 Å². The van der Waals surface area contributed by atoms with Gasteiger partial charge in [0.15, 0.2) is 0 Å². The summed E-state index contributed by atoms with van der Waals surface area (Å²) in [6, 6.07) is 6.67. The molecule has 1 fully saturated rings. The van der Waals surface area contributed by atoms with Crippen LogP contribution in [0.3, 0.4) is 0 Å². The van der Waals surface area contributed by atoms with E-state index in [0.29, 0.717) is 11.5 Å².